The maximum atomic E-state index is 12.6. The van der Waals surface area contributed by atoms with Crippen LogP contribution in [0.1, 0.15) is 18.1 Å². The summed E-state index contributed by atoms with van der Waals surface area (Å²) in [6.45, 7) is 1.10. The Balaban J connectivity index is 2.37. The van der Waals surface area contributed by atoms with E-state index >= 15 is 0 Å². The minimum Gasteiger partial charge on any atom is -0.387 e. The fraction of sp³-hybridized carbons (Fsp3) is 0.333. The van der Waals surface area contributed by atoms with Gasteiger partial charge in [0.2, 0.25) is 0 Å². The van der Waals surface area contributed by atoms with Crippen LogP contribution in [0.25, 0.3) is 0 Å². The van der Waals surface area contributed by atoms with Crippen molar-refractivity contribution in [3.8, 4) is 12.3 Å². The number of aliphatic hydroxyl groups excluding tert-OH is 1. The molecule has 15 heavy (non-hydrogen) atoms. The molecule has 1 rings (SSSR count). The van der Waals surface area contributed by atoms with Gasteiger partial charge in [0.1, 0.15) is 5.82 Å². The lowest BCUT2D eigenvalue weighted by atomic mass is 10.1. The van der Waals surface area contributed by atoms with Gasteiger partial charge in [-0.1, -0.05) is 12.1 Å². The van der Waals surface area contributed by atoms with E-state index in [4.69, 9.17) is 6.42 Å². The van der Waals surface area contributed by atoms with Crippen LogP contribution in [-0.2, 0) is 0 Å². The van der Waals surface area contributed by atoms with Crippen LogP contribution < -0.4 is 5.32 Å². The van der Waals surface area contributed by atoms with Crippen LogP contribution in [-0.4, -0.2) is 18.2 Å². The van der Waals surface area contributed by atoms with Crippen molar-refractivity contribution < 1.29 is 9.50 Å². The first-order chi connectivity index (χ1) is 7.24. The van der Waals surface area contributed by atoms with Crippen LogP contribution >= 0.6 is 0 Å². The van der Waals surface area contributed by atoms with Crippen molar-refractivity contribution in [1.82, 2.24) is 5.32 Å². The molecule has 1 unspecified atom stereocenters. The number of terminal acetylenes is 1. The van der Waals surface area contributed by atoms with E-state index in [1.807, 2.05) is 0 Å². The van der Waals surface area contributed by atoms with E-state index in [9.17, 15) is 9.50 Å². The van der Waals surface area contributed by atoms with Gasteiger partial charge in [-0.2, -0.15) is 0 Å². The van der Waals surface area contributed by atoms with Gasteiger partial charge in [-0.3, -0.25) is 0 Å². The molecule has 3 heteroatoms. The molecule has 1 aromatic rings. The molecule has 0 aliphatic rings. The van der Waals surface area contributed by atoms with E-state index in [0.29, 0.717) is 25.1 Å². The Hall–Kier alpha value is -1.37. The summed E-state index contributed by atoms with van der Waals surface area (Å²) in [5.74, 6) is 2.20. The van der Waals surface area contributed by atoms with Crippen molar-refractivity contribution in [2.45, 2.75) is 12.5 Å². The van der Waals surface area contributed by atoms with Crippen molar-refractivity contribution in [2.75, 3.05) is 13.1 Å². The first-order valence-corrected chi connectivity index (χ1v) is 4.81. The molecule has 0 aliphatic carbocycles. The number of hydrogen-bond acceptors (Lipinski definition) is 2. The number of halogens is 1. The Labute approximate surface area is 89.1 Å². The average molecular weight is 207 g/mol. The summed E-state index contributed by atoms with van der Waals surface area (Å²) in [5.41, 5.74) is 0.699. The molecular weight excluding hydrogens is 193 g/mol. The zero-order chi connectivity index (χ0) is 11.1. The largest absolute Gasteiger partial charge is 0.387 e. The Kier molecular flexibility index (Phi) is 4.82. The van der Waals surface area contributed by atoms with Crippen molar-refractivity contribution in [3.05, 3.63) is 35.6 Å². The molecule has 0 aliphatic heterocycles. The highest BCUT2D eigenvalue weighted by Gasteiger charge is 2.05. The van der Waals surface area contributed by atoms with Gasteiger partial charge in [0.15, 0.2) is 0 Å². The van der Waals surface area contributed by atoms with Gasteiger partial charge in [0.25, 0.3) is 0 Å². The van der Waals surface area contributed by atoms with Crippen LogP contribution in [0.15, 0.2) is 24.3 Å². The van der Waals surface area contributed by atoms with E-state index in [1.54, 1.807) is 12.1 Å². The van der Waals surface area contributed by atoms with Gasteiger partial charge < -0.3 is 10.4 Å². The topological polar surface area (TPSA) is 32.3 Å². The lowest BCUT2D eigenvalue weighted by molar-refractivity contribution is 0.175. The molecule has 0 amide bonds. The van der Waals surface area contributed by atoms with Crippen molar-refractivity contribution in [1.29, 1.82) is 0 Å². The summed E-state index contributed by atoms with van der Waals surface area (Å²) >= 11 is 0. The predicted molar refractivity (Wildman–Crippen MR) is 57.7 cm³/mol. The standard InChI is InChI=1S/C12H14FNO/c1-2-3-8-14-9-12(15)10-4-6-11(13)7-5-10/h1,4-7,12,14-15H,3,8-9H2. The van der Waals surface area contributed by atoms with Crippen LogP contribution in [0.5, 0.6) is 0 Å². The van der Waals surface area contributed by atoms with Crippen LogP contribution in [0.2, 0.25) is 0 Å². The highest BCUT2D eigenvalue weighted by molar-refractivity contribution is 5.18. The summed E-state index contributed by atoms with van der Waals surface area (Å²) in [6.07, 6.45) is 5.09. The summed E-state index contributed by atoms with van der Waals surface area (Å²) in [4.78, 5) is 0. The Morgan fingerprint density at radius 1 is 1.40 bits per heavy atom. The third kappa shape index (κ3) is 4.11. The molecule has 0 radical (unpaired) electrons. The minimum atomic E-state index is -0.622. The van der Waals surface area contributed by atoms with E-state index < -0.39 is 6.10 Å². The summed E-state index contributed by atoms with van der Waals surface area (Å²) < 4.78 is 12.6. The molecule has 1 atom stereocenters. The summed E-state index contributed by atoms with van der Waals surface area (Å²) in [7, 11) is 0. The molecule has 2 nitrogen and oxygen atoms in total. The molecule has 0 aromatic heterocycles. The zero-order valence-electron chi connectivity index (χ0n) is 8.41. The molecule has 0 spiro atoms. The fourth-order valence-electron chi connectivity index (χ4n) is 1.20. The second-order valence-electron chi connectivity index (χ2n) is 3.23. The van der Waals surface area contributed by atoms with E-state index in [-0.39, 0.29) is 5.82 Å². The number of aliphatic hydroxyl groups is 1. The normalized spacial score (nSPS) is 12.1. The lowest BCUT2D eigenvalue weighted by Gasteiger charge is -2.11. The highest BCUT2D eigenvalue weighted by Crippen LogP contribution is 2.12. The first-order valence-electron chi connectivity index (χ1n) is 4.81. The van der Waals surface area contributed by atoms with E-state index in [1.165, 1.54) is 12.1 Å². The molecule has 0 fully saturated rings. The maximum Gasteiger partial charge on any atom is 0.123 e. The molecule has 80 valence electrons. The van der Waals surface area contributed by atoms with Crippen LogP contribution in [0.3, 0.4) is 0 Å². The van der Waals surface area contributed by atoms with Crippen LogP contribution in [0.4, 0.5) is 4.39 Å². The van der Waals surface area contributed by atoms with Crippen molar-refractivity contribution >= 4 is 0 Å². The lowest BCUT2D eigenvalue weighted by Crippen LogP contribution is -2.22. The third-order valence-corrected chi connectivity index (χ3v) is 2.04. The Morgan fingerprint density at radius 2 is 2.07 bits per heavy atom. The predicted octanol–water partition coefficient (Wildman–Crippen LogP) is 1.47. The maximum absolute atomic E-state index is 12.6. The molecule has 0 saturated carbocycles. The van der Waals surface area contributed by atoms with Crippen molar-refractivity contribution in [2.24, 2.45) is 0 Å². The van der Waals surface area contributed by atoms with E-state index in [0.717, 1.165) is 0 Å². The molecule has 1 aromatic carbocycles. The average Bonchev–Trinajstić information content (AvgIpc) is 2.25. The number of hydrogen-bond donors (Lipinski definition) is 2. The third-order valence-electron chi connectivity index (χ3n) is 2.04. The number of benzene rings is 1. The molecular formula is C12H14FNO. The van der Waals surface area contributed by atoms with Gasteiger partial charge in [-0.25, -0.2) is 4.39 Å². The number of rotatable bonds is 5. The fourth-order valence-corrected chi connectivity index (χ4v) is 1.20. The Morgan fingerprint density at radius 3 is 2.67 bits per heavy atom. The van der Waals surface area contributed by atoms with Crippen LogP contribution in [0, 0.1) is 18.2 Å². The summed E-state index contributed by atoms with van der Waals surface area (Å²) in [6, 6.07) is 5.81. The highest BCUT2D eigenvalue weighted by atomic mass is 19.1. The number of nitrogens with one attached hydrogen (secondary N) is 1. The van der Waals surface area contributed by atoms with E-state index in [2.05, 4.69) is 11.2 Å². The molecule has 2 N–H and O–H groups in total. The summed E-state index contributed by atoms with van der Waals surface area (Å²) in [5, 5.41) is 12.7. The first kappa shape index (κ1) is 11.7. The zero-order valence-corrected chi connectivity index (χ0v) is 8.41. The molecule has 0 heterocycles. The van der Waals surface area contributed by atoms with Crippen molar-refractivity contribution in [3.63, 3.8) is 0 Å². The van der Waals surface area contributed by atoms with Gasteiger partial charge in [0, 0.05) is 19.5 Å². The van der Waals surface area contributed by atoms with Gasteiger partial charge in [-0.15, -0.1) is 12.3 Å². The smallest absolute Gasteiger partial charge is 0.123 e. The van der Waals surface area contributed by atoms with Gasteiger partial charge in [0.05, 0.1) is 6.10 Å². The molecule has 0 saturated heterocycles. The quantitative estimate of drug-likeness (QED) is 0.566. The van der Waals surface area contributed by atoms with Gasteiger partial charge in [-0.05, 0) is 17.7 Å². The SMILES string of the molecule is C#CCCNCC(O)c1ccc(F)cc1. The monoisotopic (exact) mass is 207 g/mol. The molecule has 0 bridgehead atoms. The Bertz CT molecular complexity index is 328. The second-order valence-corrected chi connectivity index (χ2v) is 3.23. The second kappa shape index (κ2) is 6.18. The van der Waals surface area contributed by atoms with Gasteiger partial charge >= 0.3 is 0 Å². The minimum absolute atomic E-state index is 0.300.